The van der Waals surface area contributed by atoms with Crippen LogP contribution < -0.4 is 0 Å². The summed E-state index contributed by atoms with van der Waals surface area (Å²) in [6.45, 7) is 6.51. The molecule has 4 heteroatoms. The molecular weight excluding hydrogens is 330 g/mol. The zero-order chi connectivity index (χ0) is 17.8. The van der Waals surface area contributed by atoms with Crippen molar-refractivity contribution < 1.29 is 9.53 Å². The number of nitrogens with zero attached hydrogens (tertiary/aromatic N) is 1. The maximum atomic E-state index is 12.4. The molecule has 3 rings (SSSR count). The Kier molecular flexibility index (Phi) is 5.29. The molecule has 0 fully saturated rings. The maximum absolute atomic E-state index is 12.4. The first kappa shape index (κ1) is 17.4. The molecule has 0 aliphatic carbocycles. The van der Waals surface area contributed by atoms with E-state index in [4.69, 9.17) is 4.74 Å². The van der Waals surface area contributed by atoms with Crippen molar-refractivity contribution in [3.63, 3.8) is 0 Å². The van der Waals surface area contributed by atoms with Gasteiger partial charge in [-0.15, -0.1) is 11.3 Å². The van der Waals surface area contributed by atoms with Gasteiger partial charge in [0.2, 0.25) is 0 Å². The highest BCUT2D eigenvalue weighted by Gasteiger charge is 2.19. The molecular formula is C21H21NO2S. The first-order chi connectivity index (χ1) is 12.1. The van der Waals surface area contributed by atoms with Crippen LogP contribution >= 0.6 is 11.3 Å². The van der Waals surface area contributed by atoms with Gasteiger partial charge < -0.3 is 4.74 Å². The monoisotopic (exact) mass is 351 g/mol. The normalized spacial score (nSPS) is 11.5. The highest BCUT2D eigenvalue weighted by molar-refractivity contribution is 7.23. The zero-order valence-electron chi connectivity index (χ0n) is 14.7. The number of carbonyl (C=O) groups excluding carboxylic acids is 1. The third kappa shape index (κ3) is 3.80. The van der Waals surface area contributed by atoms with E-state index in [0.717, 1.165) is 15.6 Å². The number of hydrogen-bond acceptors (Lipinski definition) is 4. The van der Waals surface area contributed by atoms with Gasteiger partial charge >= 0.3 is 5.97 Å². The average molecular weight is 351 g/mol. The Hall–Kier alpha value is -2.46. The predicted octanol–water partition coefficient (Wildman–Crippen LogP) is 5.95. The second-order valence-electron chi connectivity index (χ2n) is 6.08. The highest BCUT2D eigenvalue weighted by atomic mass is 32.1. The summed E-state index contributed by atoms with van der Waals surface area (Å²) in [7, 11) is 0. The number of esters is 1. The molecule has 0 spiro atoms. The lowest BCUT2D eigenvalue weighted by Gasteiger charge is -2.04. The number of fused-ring (bicyclic) bond motifs is 1. The summed E-state index contributed by atoms with van der Waals surface area (Å²) in [5, 5.41) is 1.58. The Morgan fingerprint density at radius 1 is 1.16 bits per heavy atom. The van der Waals surface area contributed by atoms with E-state index in [1.54, 1.807) is 6.21 Å². The predicted molar refractivity (Wildman–Crippen MR) is 106 cm³/mol. The summed E-state index contributed by atoms with van der Waals surface area (Å²) in [5.41, 5.74) is 2.86. The molecule has 2 aromatic carbocycles. The topological polar surface area (TPSA) is 38.7 Å². The molecule has 0 N–H and O–H groups in total. The van der Waals surface area contributed by atoms with E-state index < -0.39 is 0 Å². The molecule has 0 bridgehead atoms. The van der Waals surface area contributed by atoms with Crippen molar-refractivity contribution in [2.45, 2.75) is 26.7 Å². The zero-order valence-corrected chi connectivity index (χ0v) is 15.5. The van der Waals surface area contributed by atoms with Crippen LogP contribution in [-0.2, 0) is 4.74 Å². The third-order valence-corrected chi connectivity index (χ3v) is 5.07. The Balaban J connectivity index is 1.97. The molecule has 0 saturated carbocycles. The summed E-state index contributed by atoms with van der Waals surface area (Å²) in [6, 6.07) is 16.2. The first-order valence-electron chi connectivity index (χ1n) is 8.42. The Bertz CT molecular complexity index is 907. The summed E-state index contributed by atoms with van der Waals surface area (Å²) in [5.74, 6) is 0.186. The Morgan fingerprint density at radius 2 is 1.88 bits per heavy atom. The van der Waals surface area contributed by atoms with Crippen LogP contribution in [-0.4, -0.2) is 18.8 Å². The van der Waals surface area contributed by atoms with Crippen LogP contribution in [0.1, 0.15) is 48.2 Å². The van der Waals surface area contributed by atoms with E-state index in [2.05, 4.69) is 43.1 Å². The van der Waals surface area contributed by atoms with Gasteiger partial charge in [0.25, 0.3) is 0 Å². The molecule has 0 saturated heterocycles. The third-order valence-electron chi connectivity index (χ3n) is 3.99. The number of carbonyl (C=O) groups is 1. The molecule has 0 unspecified atom stereocenters. The van der Waals surface area contributed by atoms with Crippen LogP contribution in [0.25, 0.3) is 10.1 Å². The van der Waals surface area contributed by atoms with Gasteiger partial charge in [0.05, 0.1) is 6.61 Å². The average Bonchev–Trinajstić information content (AvgIpc) is 2.99. The van der Waals surface area contributed by atoms with Crippen LogP contribution in [0.5, 0.6) is 0 Å². The molecule has 0 radical (unpaired) electrons. The SMILES string of the molecule is CCOC(=O)c1c(N=Cc2ccc(C(C)C)cc2)sc2ccccc12. The Labute approximate surface area is 152 Å². The first-order valence-corrected chi connectivity index (χ1v) is 9.24. The Morgan fingerprint density at radius 3 is 2.56 bits per heavy atom. The number of rotatable bonds is 5. The fraction of sp³-hybridized carbons (Fsp3) is 0.238. The van der Waals surface area contributed by atoms with Crippen molar-refractivity contribution in [1.29, 1.82) is 0 Å². The molecule has 0 aliphatic heterocycles. The molecule has 1 heterocycles. The molecule has 3 aromatic rings. The van der Waals surface area contributed by atoms with Crippen molar-refractivity contribution in [3.05, 3.63) is 65.2 Å². The lowest BCUT2D eigenvalue weighted by Crippen LogP contribution is -2.03. The summed E-state index contributed by atoms with van der Waals surface area (Å²) >= 11 is 1.51. The summed E-state index contributed by atoms with van der Waals surface area (Å²) < 4.78 is 6.26. The second kappa shape index (κ2) is 7.62. The fourth-order valence-electron chi connectivity index (χ4n) is 2.62. The number of thiophene rings is 1. The number of hydrogen-bond donors (Lipinski definition) is 0. The van der Waals surface area contributed by atoms with Crippen LogP contribution in [0.15, 0.2) is 53.5 Å². The van der Waals surface area contributed by atoms with Gasteiger partial charge in [0, 0.05) is 16.3 Å². The van der Waals surface area contributed by atoms with Crippen molar-refractivity contribution in [1.82, 2.24) is 0 Å². The maximum Gasteiger partial charge on any atom is 0.341 e. The van der Waals surface area contributed by atoms with E-state index in [1.807, 2.05) is 31.2 Å². The van der Waals surface area contributed by atoms with Crippen molar-refractivity contribution >= 4 is 38.6 Å². The van der Waals surface area contributed by atoms with E-state index in [-0.39, 0.29) is 5.97 Å². The standard InChI is InChI=1S/C21H21NO2S/c1-4-24-21(23)19-17-7-5-6-8-18(17)25-20(19)22-13-15-9-11-16(12-10-15)14(2)3/h5-14H,4H2,1-3H3. The van der Waals surface area contributed by atoms with Crippen LogP contribution in [0, 0.1) is 0 Å². The van der Waals surface area contributed by atoms with E-state index in [0.29, 0.717) is 23.1 Å². The van der Waals surface area contributed by atoms with Crippen LogP contribution in [0.3, 0.4) is 0 Å². The van der Waals surface area contributed by atoms with E-state index in [1.165, 1.54) is 16.9 Å². The van der Waals surface area contributed by atoms with Gasteiger partial charge in [0.1, 0.15) is 10.6 Å². The number of benzene rings is 2. The van der Waals surface area contributed by atoms with Gasteiger partial charge in [-0.3, -0.25) is 0 Å². The van der Waals surface area contributed by atoms with Crippen LogP contribution in [0.2, 0.25) is 0 Å². The van der Waals surface area contributed by atoms with Crippen molar-refractivity contribution in [2.24, 2.45) is 4.99 Å². The van der Waals surface area contributed by atoms with Gasteiger partial charge in [-0.05, 0) is 30.0 Å². The minimum atomic E-state index is -0.317. The van der Waals surface area contributed by atoms with E-state index in [9.17, 15) is 4.79 Å². The van der Waals surface area contributed by atoms with Crippen molar-refractivity contribution in [3.8, 4) is 0 Å². The fourth-order valence-corrected chi connectivity index (χ4v) is 3.66. The van der Waals surface area contributed by atoms with E-state index >= 15 is 0 Å². The van der Waals surface area contributed by atoms with Gasteiger partial charge in [-0.25, -0.2) is 9.79 Å². The lowest BCUT2D eigenvalue weighted by atomic mass is 10.0. The van der Waals surface area contributed by atoms with Crippen molar-refractivity contribution in [2.75, 3.05) is 6.61 Å². The highest BCUT2D eigenvalue weighted by Crippen LogP contribution is 2.38. The summed E-state index contributed by atoms with van der Waals surface area (Å²) in [4.78, 5) is 17.0. The van der Waals surface area contributed by atoms with Gasteiger partial charge in [0.15, 0.2) is 0 Å². The quantitative estimate of drug-likeness (QED) is 0.421. The largest absolute Gasteiger partial charge is 0.462 e. The number of aliphatic imine (C=N–C) groups is 1. The van der Waals surface area contributed by atoms with Gasteiger partial charge in [-0.2, -0.15) is 0 Å². The smallest absolute Gasteiger partial charge is 0.341 e. The van der Waals surface area contributed by atoms with Crippen LogP contribution in [0.4, 0.5) is 5.00 Å². The molecule has 128 valence electrons. The molecule has 0 atom stereocenters. The summed E-state index contributed by atoms with van der Waals surface area (Å²) in [6.07, 6.45) is 1.80. The molecule has 3 nitrogen and oxygen atoms in total. The molecule has 0 amide bonds. The number of ether oxygens (including phenoxy) is 1. The molecule has 25 heavy (non-hydrogen) atoms. The molecule has 1 aromatic heterocycles. The van der Waals surface area contributed by atoms with Gasteiger partial charge in [-0.1, -0.05) is 56.3 Å². The minimum Gasteiger partial charge on any atom is -0.462 e. The second-order valence-corrected chi connectivity index (χ2v) is 7.11. The minimum absolute atomic E-state index is 0.317. The lowest BCUT2D eigenvalue weighted by molar-refractivity contribution is 0.0530. The molecule has 0 aliphatic rings.